The Morgan fingerprint density at radius 3 is 2.51 bits per heavy atom. The number of anilines is 1. The van der Waals surface area contributed by atoms with Crippen molar-refractivity contribution < 1.29 is 19.0 Å². The molecule has 4 fully saturated rings. The Labute approximate surface area is 222 Å². The number of rotatable bonds is 6. The highest BCUT2D eigenvalue weighted by Gasteiger charge is 2.55. The number of aromatic nitrogens is 2. The number of amides is 1. The number of carbonyl (C=O) groups is 1. The van der Waals surface area contributed by atoms with Gasteiger partial charge in [0.2, 0.25) is 0 Å². The van der Waals surface area contributed by atoms with E-state index in [1.54, 1.807) is 0 Å². The summed E-state index contributed by atoms with van der Waals surface area (Å²) in [5.74, 6) is 1.74. The minimum Gasteiger partial charge on any atom is -0.444 e. The molecule has 0 bridgehead atoms. The summed E-state index contributed by atoms with van der Waals surface area (Å²) >= 11 is 0. The van der Waals surface area contributed by atoms with Gasteiger partial charge >= 0.3 is 6.09 Å². The SMILES string of the molecule is COCC1(C)CC(CN2CCOCC2)CCN1c1cc(C)n(C2CC3(C2)CN(C(=O)OC(C)(C)C)C3)n1. The molecule has 1 saturated carbocycles. The van der Waals surface area contributed by atoms with Gasteiger partial charge in [-0.15, -0.1) is 0 Å². The monoisotopic (exact) mass is 517 g/mol. The Morgan fingerprint density at radius 1 is 1.16 bits per heavy atom. The standard InChI is InChI=1S/C28H47N5O4/c1-21-13-24(29-33(21)23-15-28(16-23)18-31(19-28)25(34)37-26(2,3)4)32-8-7-22(14-27(32,5)20-35-6)17-30-9-11-36-12-10-30/h13,22-23H,7-12,14-20H2,1-6H3. The first-order valence-electron chi connectivity index (χ1n) is 14.1. The second-order valence-corrected chi connectivity index (χ2v) is 13.3. The van der Waals surface area contributed by atoms with Crippen LogP contribution in [0.25, 0.3) is 0 Å². The molecule has 37 heavy (non-hydrogen) atoms. The predicted octanol–water partition coefficient (Wildman–Crippen LogP) is 3.72. The number of likely N-dealkylation sites (tertiary alicyclic amines) is 1. The van der Waals surface area contributed by atoms with Gasteiger partial charge in [-0.05, 0) is 66.2 Å². The first kappa shape index (κ1) is 26.8. The quantitative estimate of drug-likeness (QED) is 0.570. The number of methoxy groups -OCH3 is 1. The van der Waals surface area contributed by atoms with Crippen LogP contribution in [-0.4, -0.2) is 103 Å². The van der Waals surface area contributed by atoms with Gasteiger partial charge in [-0.2, -0.15) is 5.10 Å². The Morgan fingerprint density at radius 2 is 1.86 bits per heavy atom. The molecule has 9 nitrogen and oxygen atoms in total. The van der Waals surface area contributed by atoms with Gasteiger partial charge in [-0.3, -0.25) is 9.58 Å². The third-order valence-electron chi connectivity index (χ3n) is 8.79. The van der Waals surface area contributed by atoms with E-state index in [1.807, 2.05) is 32.8 Å². The fourth-order valence-electron chi connectivity index (χ4n) is 7.12. The number of aryl methyl sites for hydroxylation is 1. The summed E-state index contributed by atoms with van der Waals surface area (Å²) in [4.78, 5) is 19.3. The zero-order valence-corrected chi connectivity index (χ0v) is 23.8. The summed E-state index contributed by atoms with van der Waals surface area (Å²) in [6.07, 6.45) is 4.25. The minimum absolute atomic E-state index is 0.0711. The highest BCUT2D eigenvalue weighted by molar-refractivity contribution is 5.69. The van der Waals surface area contributed by atoms with E-state index < -0.39 is 5.60 Å². The molecule has 5 rings (SSSR count). The van der Waals surface area contributed by atoms with E-state index in [9.17, 15) is 4.79 Å². The summed E-state index contributed by atoms with van der Waals surface area (Å²) in [6, 6.07) is 2.66. The summed E-state index contributed by atoms with van der Waals surface area (Å²) in [7, 11) is 1.81. The van der Waals surface area contributed by atoms with Gasteiger partial charge in [0.05, 0.1) is 31.4 Å². The van der Waals surface area contributed by atoms with Gasteiger partial charge in [0.15, 0.2) is 5.82 Å². The van der Waals surface area contributed by atoms with E-state index in [2.05, 4.69) is 34.4 Å². The van der Waals surface area contributed by atoms with Crippen molar-refractivity contribution in [2.75, 3.05) is 71.1 Å². The number of piperidine rings is 1. The maximum absolute atomic E-state index is 12.4. The van der Waals surface area contributed by atoms with Crippen molar-refractivity contribution in [3.8, 4) is 0 Å². The zero-order valence-electron chi connectivity index (χ0n) is 23.8. The van der Waals surface area contributed by atoms with E-state index in [4.69, 9.17) is 19.3 Å². The molecular formula is C28H47N5O4. The molecule has 1 aromatic rings. The number of nitrogens with zero attached hydrogens (tertiary/aromatic N) is 5. The molecule has 1 amide bonds. The molecule has 9 heteroatoms. The zero-order chi connectivity index (χ0) is 26.4. The molecule has 208 valence electrons. The number of hydrogen-bond acceptors (Lipinski definition) is 7. The van der Waals surface area contributed by atoms with Crippen molar-refractivity contribution in [3.05, 3.63) is 11.8 Å². The van der Waals surface area contributed by atoms with Crippen LogP contribution in [0.1, 0.15) is 65.1 Å². The van der Waals surface area contributed by atoms with Gasteiger partial charge < -0.3 is 24.0 Å². The molecular weight excluding hydrogens is 470 g/mol. The van der Waals surface area contributed by atoms with Crippen LogP contribution in [0.3, 0.4) is 0 Å². The number of morpholine rings is 1. The average Bonchev–Trinajstić information content (AvgIpc) is 3.12. The maximum atomic E-state index is 12.4. The summed E-state index contributed by atoms with van der Waals surface area (Å²) in [6.45, 7) is 18.5. The maximum Gasteiger partial charge on any atom is 0.410 e. The second-order valence-electron chi connectivity index (χ2n) is 13.3. The van der Waals surface area contributed by atoms with Gasteiger partial charge in [0.1, 0.15) is 5.60 Å². The topological polar surface area (TPSA) is 72.3 Å². The molecule has 2 unspecified atom stereocenters. The van der Waals surface area contributed by atoms with Crippen LogP contribution in [0.5, 0.6) is 0 Å². The van der Waals surface area contributed by atoms with Crippen LogP contribution < -0.4 is 4.90 Å². The van der Waals surface area contributed by atoms with E-state index in [1.165, 1.54) is 12.1 Å². The van der Waals surface area contributed by atoms with Crippen molar-refractivity contribution in [1.82, 2.24) is 19.6 Å². The Balaban J connectivity index is 1.19. The first-order valence-corrected chi connectivity index (χ1v) is 14.1. The number of ether oxygens (including phenoxy) is 3. The normalized spacial score (nSPS) is 28.8. The average molecular weight is 518 g/mol. The van der Waals surface area contributed by atoms with Crippen LogP contribution in [0.15, 0.2) is 6.07 Å². The summed E-state index contributed by atoms with van der Waals surface area (Å²) in [5, 5.41) is 5.16. The largest absolute Gasteiger partial charge is 0.444 e. The lowest BCUT2D eigenvalue weighted by molar-refractivity contribution is -0.0930. The molecule has 1 aliphatic carbocycles. The van der Waals surface area contributed by atoms with Crippen molar-refractivity contribution in [2.45, 2.75) is 77.5 Å². The molecule has 0 aromatic carbocycles. The molecule has 0 N–H and O–H groups in total. The van der Waals surface area contributed by atoms with Gasteiger partial charge in [-0.1, -0.05) is 0 Å². The van der Waals surface area contributed by atoms with Crippen LogP contribution in [0.2, 0.25) is 0 Å². The molecule has 0 radical (unpaired) electrons. The van der Waals surface area contributed by atoms with E-state index in [0.717, 1.165) is 77.6 Å². The smallest absolute Gasteiger partial charge is 0.410 e. The van der Waals surface area contributed by atoms with Crippen molar-refractivity contribution in [2.24, 2.45) is 11.3 Å². The molecule has 3 saturated heterocycles. The molecule has 2 atom stereocenters. The summed E-state index contributed by atoms with van der Waals surface area (Å²) < 4.78 is 19.1. The number of carbonyl (C=O) groups excluding carboxylic acids is 1. The highest BCUT2D eigenvalue weighted by atomic mass is 16.6. The lowest BCUT2D eigenvalue weighted by atomic mass is 9.61. The Kier molecular flexibility index (Phi) is 7.26. The van der Waals surface area contributed by atoms with Crippen molar-refractivity contribution >= 4 is 11.9 Å². The Hall–Kier alpha value is -1.84. The summed E-state index contributed by atoms with van der Waals surface area (Å²) in [5.41, 5.74) is 0.938. The second kappa shape index (κ2) is 10.0. The third kappa shape index (κ3) is 5.64. The highest BCUT2D eigenvalue weighted by Crippen LogP contribution is 2.54. The van der Waals surface area contributed by atoms with Crippen molar-refractivity contribution in [3.63, 3.8) is 0 Å². The van der Waals surface area contributed by atoms with Crippen LogP contribution in [0.4, 0.5) is 10.6 Å². The lowest BCUT2D eigenvalue weighted by Crippen LogP contribution is -2.64. The first-order chi connectivity index (χ1) is 17.5. The van der Waals surface area contributed by atoms with Crippen LogP contribution >= 0.6 is 0 Å². The molecule has 4 aliphatic rings. The van der Waals surface area contributed by atoms with Gasteiger partial charge in [0.25, 0.3) is 0 Å². The number of hydrogen-bond donors (Lipinski definition) is 0. The fraction of sp³-hybridized carbons (Fsp3) is 0.857. The minimum atomic E-state index is -0.446. The van der Waals surface area contributed by atoms with Crippen molar-refractivity contribution in [1.29, 1.82) is 0 Å². The molecule has 1 spiro atoms. The predicted molar refractivity (Wildman–Crippen MR) is 143 cm³/mol. The lowest BCUT2D eigenvalue weighted by Gasteiger charge is -2.58. The van der Waals surface area contributed by atoms with E-state index in [-0.39, 0.29) is 17.0 Å². The molecule has 1 aromatic heterocycles. The fourth-order valence-corrected chi connectivity index (χ4v) is 7.12. The molecule has 4 heterocycles. The van der Waals surface area contributed by atoms with Gasteiger partial charge in [0, 0.05) is 63.6 Å². The van der Waals surface area contributed by atoms with Crippen LogP contribution in [-0.2, 0) is 14.2 Å². The third-order valence-corrected chi connectivity index (χ3v) is 8.79. The Bertz CT molecular complexity index is 954. The van der Waals surface area contributed by atoms with E-state index >= 15 is 0 Å². The van der Waals surface area contributed by atoms with E-state index in [0.29, 0.717) is 18.6 Å². The van der Waals surface area contributed by atoms with Crippen LogP contribution in [0, 0.1) is 18.3 Å². The van der Waals surface area contributed by atoms with Gasteiger partial charge in [-0.25, -0.2) is 4.79 Å². The molecule has 3 aliphatic heterocycles.